The van der Waals surface area contributed by atoms with Gasteiger partial charge >= 0.3 is 6.03 Å². The number of carbonyl (C=O) groups is 1. The fraction of sp³-hybridized carbons (Fsp3) is 0.533. The summed E-state index contributed by atoms with van der Waals surface area (Å²) < 4.78 is 0. The number of nitrogens with one attached hydrogen (secondary N) is 2. The first kappa shape index (κ1) is 15.1. The number of aryl methyl sites for hydroxylation is 1. The molecule has 1 aromatic carbocycles. The van der Waals surface area contributed by atoms with Gasteiger partial charge in [-0.05, 0) is 50.2 Å². The van der Waals surface area contributed by atoms with Gasteiger partial charge in [0.15, 0.2) is 0 Å². The molecule has 2 amide bonds. The number of carbonyl (C=O) groups excluding carboxylic acids is 1. The fourth-order valence-corrected chi connectivity index (χ4v) is 2.75. The van der Waals surface area contributed by atoms with Gasteiger partial charge in [0.2, 0.25) is 0 Å². The van der Waals surface area contributed by atoms with E-state index in [0.29, 0.717) is 16.6 Å². The third kappa shape index (κ3) is 3.87. The van der Waals surface area contributed by atoms with E-state index in [0.717, 1.165) is 31.2 Å². The molecule has 5 heteroatoms. The van der Waals surface area contributed by atoms with Crippen LogP contribution in [0.2, 0.25) is 5.02 Å². The number of hydrogen-bond donors (Lipinski definition) is 3. The first-order valence-corrected chi connectivity index (χ1v) is 7.41. The molecule has 1 aliphatic rings. The van der Waals surface area contributed by atoms with Crippen molar-refractivity contribution in [3.8, 4) is 0 Å². The van der Waals surface area contributed by atoms with Crippen molar-refractivity contribution in [1.29, 1.82) is 0 Å². The summed E-state index contributed by atoms with van der Waals surface area (Å²) in [4.78, 5) is 12.0. The van der Waals surface area contributed by atoms with E-state index in [1.807, 2.05) is 19.1 Å². The van der Waals surface area contributed by atoms with E-state index in [4.69, 9.17) is 16.7 Å². The van der Waals surface area contributed by atoms with Crippen molar-refractivity contribution in [2.24, 2.45) is 5.92 Å². The summed E-state index contributed by atoms with van der Waals surface area (Å²) in [6.07, 6.45) is 3.76. The lowest BCUT2D eigenvalue weighted by Gasteiger charge is -2.28. The normalized spacial score (nSPS) is 22.4. The van der Waals surface area contributed by atoms with Gasteiger partial charge in [-0.2, -0.15) is 0 Å². The summed E-state index contributed by atoms with van der Waals surface area (Å²) in [5.41, 5.74) is 1.57. The molecule has 0 unspecified atom stereocenters. The Morgan fingerprint density at radius 1 is 1.35 bits per heavy atom. The molecule has 0 spiro atoms. The van der Waals surface area contributed by atoms with Crippen LogP contribution in [0, 0.1) is 12.8 Å². The summed E-state index contributed by atoms with van der Waals surface area (Å²) in [7, 11) is 0. The molecule has 1 saturated carbocycles. The molecule has 0 heterocycles. The standard InChI is InChI=1S/C15H21ClN2O2/c1-10-3-2-4-13(14(10)16)18-15(20)17-12-7-5-11(9-19)6-8-12/h2-4,11-12,19H,5-9H2,1H3,(H2,17,18,20). The molecule has 0 radical (unpaired) electrons. The van der Waals surface area contributed by atoms with Crippen LogP contribution >= 0.6 is 11.6 Å². The lowest BCUT2D eigenvalue weighted by molar-refractivity contribution is 0.176. The average Bonchev–Trinajstić information content (AvgIpc) is 2.45. The third-order valence-electron chi connectivity index (χ3n) is 3.88. The first-order valence-electron chi connectivity index (χ1n) is 7.03. The van der Waals surface area contributed by atoms with Crippen LogP contribution in [0.25, 0.3) is 0 Å². The molecule has 0 aromatic heterocycles. The lowest BCUT2D eigenvalue weighted by atomic mass is 9.87. The maximum Gasteiger partial charge on any atom is 0.319 e. The number of aliphatic hydroxyl groups excluding tert-OH is 1. The van der Waals surface area contributed by atoms with Crippen LogP contribution in [-0.2, 0) is 0 Å². The van der Waals surface area contributed by atoms with E-state index >= 15 is 0 Å². The van der Waals surface area contributed by atoms with Crippen LogP contribution < -0.4 is 10.6 Å². The number of aliphatic hydroxyl groups is 1. The van der Waals surface area contributed by atoms with Crippen LogP contribution in [0.15, 0.2) is 18.2 Å². The van der Waals surface area contributed by atoms with Crippen molar-refractivity contribution in [2.75, 3.05) is 11.9 Å². The van der Waals surface area contributed by atoms with E-state index in [9.17, 15) is 4.79 Å². The Balaban J connectivity index is 1.85. The van der Waals surface area contributed by atoms with Crippen molar-refractivity contribution < 1.29 is 9.90 Å². The molecule has 3 N–H and O–H groups in total. The second-order valence-electron chi connectivity index (χ2n) is 5.44. The number of amides is 2. The first-order chi connectivity index (χ1) is 9.60. The zero-order valence-electron chi connectivity index (χ0n) is 11.7. The lowest BCUT2D eigenvalue weighted by Crippen LogP contribution is -2.40. The molecular weight excluding hydrogens is 276 g/mol. The second-order valence-corrected chi connectivity index (χ2v) is 5.81. The Labute approximate surface area is 124 Å². The zero-order valence-corrected chi connectivity index (χ0v) is 12.4. The highest BCUT2D eigenvalue weighted by molar-refractivity contribution is 6.34. The Kier molecular flexibility index (Phi) is 5.26. The molecule has 0 saturated heterocycles. The Morgan fingerprint density at radius 3 is 2.70 bits per heavy atom. The van der Waals surface area contributed by atoms with Crippen LogP contribution in [0.1, 0.15) is 31.2 Å². The predicted molar refractivity (Wildman–Crippen MR) is 81.2 cm³/mol. The van der Waals surface area contributed by atoms with E-state index in [1.54, 1.807) is 6.07 Å². The van der Waals surface area contributed by atoms with Crippen molar-refractivity contribution in [3.63, 3.8) is 0 Å². The number of hydrogen-bond acceptors (Lipinski definition) is 2. The maximum atomic E-state index is 12.0. The minimum Gasteiger partial charge on any atom is -0.396 e. The van der Waals surface area contributed by atoms with Crippen molar-refractivity contribution in [1.82, 2.24) is 5.32 Å². The van der Waals surface area contributed by atoms with Gasteiger partial charge in [-0.3, -0.25) is 0 Å². The van der Waals surface area contributed by atoms with Crippen molar-refractivity contribution in [2.45, 2.75) is 38.6 Å². The molecule has 20 heavy (non-hydrogen) atoms. The van der Waals surface area contributed by atoms with Crippen LogP contribution in [0.3, 0.4) is 0 Å². The fourth-order valence-electron chi connectivity index (χ4n) is 2.58. The molecule has 1 fully saturated rings. The van der Waals surface area contributed by atoms with E-state index in [2.05, 4.69) is 10.6 Å². The average molecular weight is 297 g/mol. The predicted octanol–water partition coefficient (Wildman–Crippen LogP) is 3.32. The van der Waals surface area contributed by atoms with E-state index in [-0.39, 0.29) is 18.7 Å². The van der Waals surface area contributed by atoms with Gasteiger partial charge in [0.1, 0.15) is 0 Å². The SMILES string of the molecule is Cc1cccc(NC(=O)NC2CCC(CO)CC2)c1Cl. The van der Waals surface area contributed by atoms with E-state index < -0.39 is 0 Å². The minimum absolute atomic E-state index is 0.182. The number of rotatable bonds is 3. The van der Waals surface area contributed by atoms with Crippen molar-refractivity contribution in [3.05, 3.63) is 28.8 Å². The highest BCUT2D eigenvalue weighted by atomic mass is 35.5. The third-order valence-corrected chi connectivity index (χ3v) is 4.38. The van der Waals surface area contributed by atoms with E-state index in [1.165, 1.54) is 0 Å². The number of halogens is 1. The Hall–Kier alpha value is -1.26. The van der Waals surface area contributed by atoms with Gasteiger partial charge in [-0.15, -0.1) is 0 Å². The van der Waals surface area contributed by atoms with Gasteiger partial charge in [-0.1, -0.05) is 23.7 Å². The smallest absolute Gasteiger partial charge is 0.319 e. The van der Waals surface area contributed by atoms with Crippen LogP contribution in [0.5, 0.6) is 0 Å². The monoisotopic (exact) mass is 296 g/mol. The van der Waals surface area contributed by atoms with Gasteiger partial charge in [0, 0.05) is 12.6 Å². The quantitative estimate of drug-likeness (QED) is 0.801. The van der Waals surface area contributed by atoms with Crippen LogP contribution in [-0.4, -0.2) is 23.8 Å². The van der Waals surface area contributed by atoms with Crippen molar-refractivity contribution >= 4 is 23.3 Å². The molecule has 2 rings (SSSR count). The topological polar surface area (TPSA) is 61.4 Å². The van der Waals surface area contributed by atoms with Crippen LogP contribution in [0.4, 0.5) is 10.5 Å². The molecule has 0 aliphatic heterocycles. The van der Waals surface area contributed by atoms with Gasteiger partial charge in [0.05, 0.1) is 10.7 Å². The van der Waals surface area contributed by atoms with Gasteiger partial charge in [-0.25, -0.2) is 4.79 Å². The summed E-state index contributed by atoms with van der Waals surface area (Å²) in [6.45, 7) is 2.15. The minimum atomic E-state index is -0.218. The van der Waals surface area contributed by atoms with Gasteiger partial charge in [0.25, 0.3) is 0 Å². The number of urea groups is 1. The molecule has 1 aliphatic carbocycles. The number of benzene rings is 1. The highest BCUT2D eigenvalue weighted by Crippen LogP contribution is 2.26. The summed E-state index contributed by atoms with van der Waals surface area (Å²) in [5.74, 6) is 0.391. The maximum absolute atomic E-state index is 12.0. The van der Waals surface area contributed by atoms with Gasteiger partial charge < -0.3 is 15.7 Å². The largest absolute Gasteiger partial charge is 0.396 e. The highest BCUT2D eigenvalue weighted by Gasteiger charge is 2.22. The molecule has 4 nitrogen and oxygen atoms in total. The number of anilines is 1. The second kappa shape index (κ2) is 6.95. The summed E-state index contributed by atoms with van der Waals surface area (Å²) in [5, 5.41) is 15.4. The summed E-state index contributed by atoms with van der Waals surface area (Å²) >= 11 is 6.15. The summed E-state index contributed by atoms with van der Waals surface area (Å²) in [6, 6.07) is 5.52. The molecular formula is C15H21ClN2O2. The molecule has 0 bridgehead atoms. The Bertz CT molecular complexity index is 471. The Morgan fingerprint density at radius 2 is 2.05 bits per heavy atom. The molecule has 0 atom stereocenters. The zero-order chi connectivity index (χ0) is 14.5. The molecule has 110 valence electrons. The molecule has 1 aromatic rings.